The fourth-order valence-electron chi connectivity index (χ4n) is 6.06. The van der Waals surface area contributed by atoms with Crippen LogP contribution in [0.15, 0.2) is 78.9 Å². The molecule has 8 heteroatoms. The van der Waals surface area contributed by atoms with Crippen LogP contribution in [0.1, 0.15) is 109 Å². The average Bonchev–Trinajstić information content (AvgIpc) is 3.08. The Labute approximate surface area is 304 Å². The summed E-state index contributed by atoms with van der Waals surface area (Å²) < 4.78 is 7.40. The molecular formula is C39H65IN6Sn+2. The van der Waals surface area contributed by atoms with Gasteiger partial charge in [0.15, 0.2) is 0 Å². The van der Waals surface area contributed by atoms with Crippen LogP contribution in [0.2, 0.25) is 13.3 Å². The summed E-state index contributed by atoms with van der Waals surface area (Å²) in [6.45, 7) is 12.9. The third kappa shape index (κ3) is 18.2. The molecule has 1 atom stereocenters. The van der Waals surface area contributed by atoms with Crippen LogP contribution in [-0.4, -0.2) is 30.3 Å². The van der Waals surface area contributed by atoms with E-state index < -0.39 is 18.4 Å². The molecule has 3 rings (SSSR count). The topological polar surface area (TPSA) is 132 Å². The molecule has 0 aliphatic rings. The number of nitrogens with two attached hydrogens (primary N) is 4. The maximum absolute atomic E-state index is 5.54. The maximum Gasteiger partial charge on any atom is 0.339 e. The van der Waals surface area contributed by atoms with Crippen LogP contribution in [0.5, 0.6) is 0 Å². The molecule has 0 heterocycles. The van der Waals surface area contributed by atoms with Gasteiger partial charge in [0.1, 0.15) is 0 Å². The van der Waals surface area contributed by atoms with Gasteiger partial charge in [0, 0.05) is 3.57 Å². The van der Waals surface area contributed by atoms with Crippen LogP contribution in [0.4, 0.5) is 0 Å². The Morgan fingerprint density at radius 3 is 1.66 bits per heavy atom. The van der Waals surface area contributed by atoms with E-state index in [-0.39, 0.29) is 5.96 Å². The number of hydrogen-bond donors (Lipinski definition) is 6. The van der Waals surface area contributed by atoms with E-state index in [1.807, 2.05) is 18.2 Å². The predicted molar refractivity (Wildman–Crippen MR) is 216 cm³/mol. The minimum Gasteiger partial charge on any atom is -0.291 e. The van der Waals surface area contributed by atoms with Crippen molar-refractivity contribution in [3.63, 3.8) is 0 Å². The molecule has 6 nitrogen and oxygen atoms in total. The van der Waals surface area contributed by atoms with Gasteiger partial charge in [-0.05, 0) is 64.6 Å². The van der Waals surface area contributed by atoms with Gasteiger partial charge in [-0.3, -0.25) is 16.5 Å². The van der Waals surface area contributed by atoms with Crippen molar-refractivity contribution in [1.29, 1.82) is 0 Å². The largest absolute Gasteiger partial charge is 0.339 e. The van der Waals surface area contributed by atoms with Crippen LogP contribution in [-0.2, 0) is 13.1 Å². The van der Waals surface area contributed by atoms with Crippen LogP contribution >= 0.6 is 22.6 Å². The van der Waals surface area contributed by atoms with Crippen molar-refractivity contribution < 1.29 is 9.98 Å². The summed E-state index contributed by atoms with van der Waals surface area (Å²) in [6, 6.07) is 28.3. The van der Waals surface area contributed by atoms with Gasteiger partial charge >= 0.3 is 153 Å². The Kier molecular flexibility index (Phi) is 23.4. The van der Waals surface area contributed by atoms with E-state index >= 15 is 0 Å². The van der Waals surface area contributed by atoms with Gasteiger partial charge in [-0.25, -0.2) is 0 Å². The van der Waals surface area contributed by atoms with E-state index in [9.17, 15) is 0 Å². The number of unbranched alkanes of at least 4 members (excludes halogenated alkanes) is 2. The summed E-state index contributed by atoms with van der Waals surface area (Å²) in [5, 5.41) is 0. The molecule has 260 valence electrons. The monoisotopic (exact) mass is 868 g/mol. The van der Waals surface area contributed by atoms with Crippen molar-refractivity contribution in [3.05, 3.63) is 99.1 Å². The first kappa shape index (κ1) is 42.8. The normalized spacial score (nSPS) is 11.3. The summed E-state index contributed by atoms with van der Waals surface area (Å²) in [7, 11) is 0. The van der Waals surface area contributed by atoms with E-state index in [1.165, 1.54) is 84.9 Å². The van der Waals surface area contributed by atoms with Gasteiger partial charge in [-0.2, -0.15) is 0 Å². The van der Waals surface area contributed by atoms with Crippen molar-refractivity contribution in [2.24, 2.45) is 22.9 Å². The molecule has 0 saturated carbocycles. The summed E-state index contributed by atoms with van der Waals surface area (Å²) in [5.74, 6) is 1.33. The van der Waals surface area contributed by atoms with Gasteiger partial charge in [-0.15, -0.1) is 0 Å². The molecule has 0 radical (unpaired) electrons. The van der Waals surface area contributed by atoms with Gasteiger partial charge in [0.25, 0.3) is 0 Å². The summed E-state index contributed by atoms with van der Waals surface area (Å²) in [5.41, 5.74) is 25.6. The minimum absolute atomic E-state index is 0.258. The van der Waals surface area contributed by atoms with E-state index in [2.05, 4.69) is 128 Å². The fraction of sp³-hybridized carbons (Fsp3) is 0.487. The average molecular weight is 868 g/mol. The SMILES string of the molecule is CCCC(CC)c1ccccc1.CCC[CH2][Sn]([CH2]CC)([CH2]CCC)[c]1cccc(C[NH+]=C(N)N)c1.NC(N)=[NH+]Cc1cccc([131I])c1. The number of hydrogen-bond acceptors (Lipinski definition) is 0. The first-order valence-electron chi connectivity index (χ1n) is 17.8. The van der Waals surface area contributed by atoms with Crippen molar-refractivity contribution >= 4 is 56.5 Å². The molecule has 3 aromatic rings. The molecule has 0 fully saturated rings. The summed E-state index contributed by atoms with van der Waals surface area (Å²) in [4.78, 5) is 5.91. The number of halogens is 1. The standard InChI is InChI=1S/C12H18.C8H10IN3.C8H10N3.2C4H9.C3H7.Sn/c1-3-8-11(4-2)12-9-6-5-7-10-12;9-7-3-1-2-6(4-7)5-12-8(10)11;9-8(10)11-6-7-4-2-1-3-5-7;2*1-3-4-2;1-3-2;/h5-7,9-11H,3-4,8H2,1-2H3;1-4H,5H2,(H4,10,11,12);1-2,4-5H,6H2,(H4,9,10,11);2*1,3-4H2,2H3;1,3H2,2H3;/p+2/i;9+4;;;;;. The molecule has 0 aromatic heterocycles. The first-order valence-corrected chi connectivity index (χ1v) is 26.3. The Bertz CT molecular complexity index is 1280. The molecule has 0 spiro atoms. The molecule has 0 amide bonds. The minimum atomic E-state index is -2.28. The van der Waals surface area contributed by atoms with E-state index in [1.54, 1.807) is 3.58 Å². The Morgan fingerprint density at radius 1 is 0.638 bits per heavy atom. The Morgan fingerprint density at radius 2 is 1.19 bits per heavy atom. The van der Waals surface area contributed by atoms with Gasteiger partial charge in [-0.1, -0.05) is 62.7 Å². The van der Waals surface area contributed by atoms with Crippen molar-refractivity contribution in [3.8, 4) is 0 Å². The number of benzene rings is 3. The third-order valence-electron chi connectivity index (χ3n) is 8.57. The molecular weight excluding hydrogens is 802 g/mol. The van der Waals surface area contributed by atoms with Crippen LogP contribution in [0, 0.1) is 3.57 Å². The first-order chi connectivity index (χ1) is 22.6. The van der Waals surface area contributed by atoms with E-state index in [0.717, 1.165) is 12.5 Å². The second-order valence-electron chi connectivity index (χ2n) is 12.5. The molecule has 47 heavy (non-hydrogen) atoms. The Hall–Kier alpha value is -2.27. The zero-order valence-corrected chi connectivity index (χ0v) is 35.0. The van der Waals surface area contributed by atoms with Crippen LogP contribution in [0.3, 0.4) is 0 Å². The quantitative estimate of drug-likeness (QED) is 0.0474. The van der Waals surface area contributed by atoms with Crippen molar-refractivity contribution in [2.75, 3.05) is 0 Å². The van der Waals surface area contributed by atoms with E-state index in [4.69, 9.17) is 22.9 Å². The molecule has 0 bridgehead atoms. The summed E-state index contributed by atoms with van der Waals surface area (Å²) >= 11 is -0.0168. The Balaban J connectivity index is 0.000000386. The number of guanidine groups is 2. The van der Waals surface area contributed by atoms with E-state index in [0.29, 0.717) is 12.5 Å². The molecule has 0 saturated heterocycles. The van der Waals surface area contributed by atoms with Gasteiger partial charge in [0.2, 0.25) is 0 Å². The van der Waals surface area contributed by atoms with Gasteiger partial charge in [0.05, 0.1) is 6.54 Å². The number of rotatable bonds is 17. The molecule has 1 unspecified atom stereocenters. The predicted octanol–water partition coefficient (Wildman–Crippen LogP) is 5.33. The maximum atomic E-state index is 5.54. The molecule has 10 N–H and O–H groups in total. The van der Waals surface area contributed by atoms with Gasteiger partial charge < -0.3 is 0 Å². The summed E-state index contributed by atoms with van der Waals surface area (Å²) in [6.07, 6.45) is 10.6. The van der Waals surface area contributed by atoms with Crippen molar-refractivity contribution in [2.45, 2.75) is 118 Å². The zero-order chi connectivity index (χ0) is 34.9. The van der Waals surface area contributed by atoms with Crippen molar-refractivity contribution in [1.82, 2.24) is 0 Å². The molecule has 3 aromatic carbocycles. The fourth-order valence-corrected chi connectivity index (χ4v) is 22.6. The smallest absolute Gasteiger partial charge is 0.291 e. The second kappa shape index (κ2) is 25.7. The third-order valence-corrected chi connectivity index (χ3v) is 25.3. The zero-order valence-electron chi connectivity index (χ0n) is 30.0. The van der Waals surface area contributed by atoms with Crippen LogP contribution < -0.4 is 36.5 Å². The molecule has 0 aliphatic heterocycles. The second-order valence-corrected chi connectivity index (χ2v) is 27.0. The van der Waals surface area contributed by atoms with Crippen LogP contribution in [0.25, 0.3) is 0 Å². The number of nitrogens with one attached hydrogen (secondary N) is 2. The molecule has 0 aliphatic carbocycles.